The molecule has 0 aromatic heterocycles. The minimum Gasteiger partial charge on any atom is -0.756 e. The number of nitrogens with zero attached hydrogens (tertiary/aromatic N) is 1. The molecule has 0 saturated heterocycles. The first-order valence-electron chi connectivity index (χ1n) is 31.3. The van der Waals surface area contributed by atoms with Crippen molar-refractivity contribution in [2.45, 2.75) is 258 Å². The molecule has 0 aromatic carbocycles. The van der Waals surface area contributed by atoms with Gasteiger partial charge in [-0.05, 0) is 115 Å². The van der Waals surface area contributed by atoms with Crippen LogP contribution < -0.4 is 10.2 Å². The van der Waals surface area contributed by atoms with E-state index in [0.29, 0.717) is 23.9 Å². The third kappa shape index (κ3) is 57.1. The number of unbranched alkanes of at least 4 members (excludes halogenated alkanes) is 21. The molecule has 0 heterocycles. The van der Waals surface area contributed by atoms with Crippen LogP contribution in [0, 0.1) is 0 Å². The lowest BCUT2D eigenvalue weighted by atomic mass is 10.1. The minimum atomic E-state index is -4.72. The summed E-state index contributed by atoms with van der Waals surface area (Å²) in [6.45, 7) is 6.56. The number of allylic oxidation sites excluding steroid dienone is 19. The van der Waals surface area contributed by atoms with Crippen LogP contribution >= 0.6 is 7.82 Å². The van der Waals surface area contributed by atoms with Crippen molar-refractivity contribution in [2.24, 2.45) is 0 Å². The van der Waals surface area contributed by atoms with Gasteiger partial charge in [0, 0.05) is 12.8 Å². The van der Waals surface area contributed by atoms with Crippen LogP contribution in [0.5, 0.6) is 0 Å². The van der Waals surface area contributed by atoms with E-state index in [-0.39, 0.29) is 31.3 Å². The highest BCUT2D eigenvalue weighted by Gasteiger charge is 2.27. The number of amides is 1. The predicted molar refractivity (Wildman–Crippen MR) is 334 cm³/mol. The molecule has 10 heteroatoms. The average molecular weight is 1110 g/mol. The van der Waals surface area contributed by atoms with Gasteiger partial charge >= 0.3 is 5.97 Å². The molecule has 0 radical (unpaired) electrons. The van der Waals surface area contributed by atoms with Gasteiger partial charge in [-0.3, -0.25) is 14.2 Å². The highest BCUT2D eigenvalue weighted by atomic mass is 31.2. The lowest BCUT2D eigenvalue weighted by molar-refractivity contribution is -0.870. The van der Waals surface area contributed by atoms with E-state index in [2.05, 4.69) is 135 Å². The Morgan fingerprint density at radius 2 is 0.821 bits per heavy atom. The summed E-state index contributed by atoms with van der Waals surface area (Å²) < 4.78 is 30.3. The molecule has 0 spiro atoms. The topological polar surface area (TPSA) is 114 Å². The monoisotopic (exact) mass is 1100 g/mol. The Labute approximate surface area is 480 Å². The van der Waals surface area contributed by atoms with E-state index in [1.54, 1.807) is 0 Å². The summed E-state index contributed by atoms with van der Waals surface area (Å²) >= 11 is 0. The van der Waals surface area contributed by atoms with E-state index in [4.69, 9.17) is 13.8 Å². The number of phosphoric acid groups is 1. The van der Waals surface area contributed by atoms with Crippen molar-refractivity contribution in [1.82, 2.24) is 5.32 Å². The van der Waals surface area contributed by atoms with Gasteiger partial charge in [0.25, 0.3) is 7.82 Å². The number of esters is 1. The molecule has 0 fully saturated rings. The van der Waals surface area contributed by atoms with Crippen molar-refractivity contribution >= 4 is 19.7 Å². The van der Waals surface area contributed by atoms with E-state index in [9.17, 15) is 19.0 Å². The van der Waals surface area contributed by atoms with Gasteiger partial charge in [-0.25, -0.2) is 0 Å². The fourth-order valence-corrected chi connectivity index (χ4v) is 9.08. The third-order valence-corrected chi connectivity index (χ3v) is 14.1. The van der Waals surface area contributed by atoms with E-state index in [1.807, 2.05) is 33.3 Å². The maximum Gasteiger partial charge on any atom is 0.306 e. The van der Waals surface area contributed by atoms with Gasteiger partial charge in [-0.2, -0.15) is 0 Å². The van der Waals surface area contributed by atoms with Crippen molar-refractivity contribution < 1.29 is 37.3 Å². The minimum absolute atomic E-state index is 0.0360. The van der Waals surface area contributed by atoms with Gasteiger partial charge in [0.15, 0.2) is 0 Å². The normalized spacial score (nSPS) is 14.5. The molecule has 0 saturated carbocycles. The quantitative estimate of drug-likeness (QED) is 0.0212. The van der Waals surface area contributed by atoms with Crippen LogP contribution in [0.2, 0.25) is 0 Å². The van der Waals surface area contributed by atoms with Gasteiger partial charge < -0.3 is 28.5 Å². The zero-order chi connectivity index (χ0) is 57.2. The number of nitrogens with one attached hydrogen (secondary N) is 1. The standard InChI is InChI=1S/C68H117N2O7P/c1-7-10-13-16-19-22-25-27-29-31-32-33-34-35-36-37-38-39-41-43-46-49-52-55-58-61-68(72)77-66(59-56-53-50-47-44-24-21-18-15-12-9-3)65(64-76-78(73,74)75-63-62-70(4,5)6)69-67(71)60-57-54-51-48-45-42-40-30-28-26-23-20-17-14-11-8-2/h10-11,13-14,19-20,22-23,27-30,32-33,35-36,42,45,56,59,65-66H,7-9,12,15-18,21,24-26,31,34,37-41,43-44,46-55,57-58,60-64H2,1-6H3,(H-,69,71,73,74)/b13-10-,14-11+,22-19-,23-20+,29-27-,30-28+,33-32-,36-35-,45-42+,59-56-. The highest BCUT2D eigenvalue weighted by molar-refractivity contribution is 7.45. The molecule has 1 N–H and O–H groups in total. The zero-order valence-corrected chi connectivity index (χ0v) is 51.7. The molecular formula is C68H117N2O7P. The summed E-state index contributed by atoms with van der Waals surface area (Å²) in [7, 11) is 1.14. The van der Waals surface area contributed by atoms with Gasteiger partial charge in [0.05, 0.1) is 33.8 Å². The molecule has 78 heavy (non-hydrogen) atoms. The average Bonchev–Trinajstić information content (AvgIpc) is 3.41. The Bertz CT molecular complexity index is 1750. The van der Waals surface area contributed by atoms with Crippen LogP contribution in [0.4, 0.5) is 0 Å². The number of hydrogen-bond acceptors (Lipinski definition) is 7. The molecule has 3 atom stereocenters. The first kappa shape index (κ1) is 74.4. The summed E-state index contributed by atoms with van der Waals surface area (Å²) in [5, 5.41) is 3.00. The molecule has 0 aliphatic carbocycles. The van der Waals surface area contributed by atoms with Crippen LogP contribution in [-0.2, 0) is 27.9 Å². The van der Waals surface area contributed by atoms with Crippen molar-refractivity contribution in [2.75, 3.05) is 40.9 Å². The number of hydrogen-bond donors (Lipinski definition) is 1. The SMILES string of the molecule is CC/C=C\C/C=C\C/C=C\C/C=C\C/C=C\CCCCCCCCCCCC(=O)OC(/C=C\CCCCCCCCCCC)C(COP(=O)([O-])OCC[N+](C)(C)C)NC(=O)CCCCC/C=C/C/C=C/C/C=C/C/C=C/CC. The lowest BCUT2D eigenvalue weighted by Crippen LogP contribution is -2.47. The number of carbonyl (C=O) groups excluding carboxylic acids is 2. The fraction of sp³-hybridized carbons (Fsp3) is 0.676. The molecule has 446 valence electrons. The van der Waals surface area contributed by atoms with Crippen LogP contribution in [-0.4, -0.2) is 69.4 Å². The smallest absolute Gasteiger partial charge is 0.306 e. The molecule has 3 unspecified atom stereocenters. The Hall–Kier alpha value is -3.59. The van der Waals surface area contributed by atoms with Crippen molar-refractivity contribution in [1.29, 1.82) is 0 Å². The second-order valence-corrected chi connectivity index (χ2v) is 23.2. The molecule has 0 aliphatic heterocycles. The number of quaternary nitrogens is 1. The van der Waals surface area contributed by atoms with Gasteiger partial charge in [0.1, 0.15) is 19.3 Å². The zero-order valence-electron chi connectivity index (χ0n) is 50.8. The highest BCUT2D eigenvalue weighted by Crippen LogP contribution is 2.38. The van der Waals surface area contributed by atoms with Crippen molar-refractivity contribution in [3.05, 3.63) is 122 Å². The van der Waals surface area contributed by atoms with E-state index in [1.165, 1.54) is 77.0 Å². The third-order valence-electron chi connectivity index (χ3n) is 13.1. The Kier molecular flexibility index (Phi) is 54.1. The predicted octanol–water partition coefficient (Wildman–Crippen LogP) is 18.9. The second-order valence-electron chi connectivity index (χ2n) is 21.8. The second kappa shape index (κ2) is 56.7. The Balaban J connectivity index is 5.20. The molecule has 0 aromatic rings. The van der Waals surface area contributed by atoms with Gasteiger partial charge in [-0.15, -0.1) is 0 Å². The molecule has 1 amide bonds. The molecule has 0 bridgehead atoms. The summed E-state index contributed by atoms with van der Waals surface area (Å²) in [6.07, 6.45) is 78.9. The van der Waals surface area contributed by atoms with Crippen molar-refractivity contribution in [3.63, 3.8) is 0 Å². The first-order valence-corrected chi connectivity index (χ1v) is 32.8. The lowest BCUT2D eigenvalue weighted by Gasteiger charge is -2.30. The van der Waals surface area contributed by atoms with Crippen LogP contribution in [0.25, 0.3) is 0 Å². The molecule has 0 aliphatic rings. The summed E-state index contributed by atoms with van der Waals surface area (Å²) in [6, 6.07) is -0.915. The Morgan fingerprint density at radius 3 is 1.24 bits per heavy atom. The molecular weight excluding hydrogens is 988 g/mol. The summed E-state index contributed by atoms with van der Waals surface area (Å²) in [4.78, 5) is 40.0. The maximum absolute atomic E-state index is 13.5. The van der Waals surface area contributed by atoms with Crippen LogP contribution in [0.15, 0.2) is 122 Å². The maximum atomic E-state index is 13.5. The number of phosphoric ester groups is 1. The van der Waals surface area contributed by atoms with Crippen LogP contribution in [0.3, 0.4) is 0 Å². The largest absolute Gasteiger partial charge is 0.756 e. The van der Waals surface area contributed by atoms with Crippen LogP contribution in [0.1, 0.15) is 245 Å². The summed E-state index contributed by atoms with van der Waals surface area (Å²) in [5.74, 6) is -0.593. The fourth-order valence-electron chi connectivity index (χ4n) is 8.36. The van der Waals surface area contributed by atoms with Gasteiger partial charge in [-0.1, -0.05) is 239 Å². The number of ether oxygens (including phenoxy) is 1. The van der Waals surface area contributed by atoms with E-state index >= 15 is 0 Å². The molecule has 0 rings (SSSR count). The van der Waals surface area contributed by atoms with E-state index < -0.39 is 26.6 Å². The number of likely N-dealkylation sites (N-methyl/N-ethyl adjacent to an activating group) is 1. The Morgan fingerprint density at radius 1 is 0.462 bits per heavy atom. The van der Waals surface area contributed by atoms with E-state index in [0.717, 1.165) is 122 Å². The molecule has 9 nitrogen and oxygen atoms in total. The summed E-state index contributed by atoms with van der Waals surface area (Å²) in [5.41, 5.74) is 0. The van der Waals surface area contributed by atoms with Gasteiger partial charge in [0.2, 0.25) is 5.91 Å². The number of rotatable bonds is 55. The first-order chi connectivity index (χ1) is 37.9. The van der Waals surface area contributed by atoms with Crippen molar-refractivity contribution in [3.8, 4) is 0 Å². The number of carbonyl (C=O) groups is 2.